The molecule has 0 heterocycles. The average molecular weight is 552 g/mol. The summed E-state index contributed by atoms with van der Waals surface area (Å²) in [5.74, 6) is -0.701. The number of hydrogen-bond acceptors (Lipinski definition) is 5. The maximum atomic E-state index is 13.6. The van der Waals surface area contributed by atoms with E-state index in [0.717, 1.165) is 44.1 Å². The number of urea groups is 1. The predicted octanol–water partition coefficient (Wildman–Crippen LogP) is 5.71. The molecule has 0 saturated heterocycles. The molecule has 0 aromatic heterocycles. The summed E-state index contributed by atoms with van der Waals surface area (Å²) in [5, 5.41) is 14.1. The van der Waals surface area contributed by atoms with Crippen LogP contribution in [0.3, 0.4) is 0 Å². The first kappa shape index (κ1) is 30.7. The van der Waals surface area contributed by atoms with Gasteiger partial charge in [-0.15, -0.1) is 0 Å². The van der Waals surface area contributed by atoms with Gasteiger partial charge in [0, 0.05) is 23.8 Å². The molecule has 0 bridgehead atoms. The topological polar surface area (TPSA) is 125 Å². The largest absolute Gasteiger partial charge is 0.480 e. The number of ether oxygens (including phenoxy) is 1. The first-order valence-electron chi connectivity index (χ1n) is 14.1. The summed E-state index contributed by atoms with van der Waals surface area (Å²) in [6, 6.07) is 13.4. The monoisotopic (exact) mass is 551 g/mol. The van der Waals surface area contributed by atoms with Crippen LogP contribution in [0, 0.1) is 11.8 Å². The Morgan fingerprint density at radius 3 is 2.15 bits per heavy atom. The number of carbonyl (C=O) groups excluding carboxylic acids is 3. The minimum atomic E-state index is -1.11. The number of amides is 3. The van der Waals surface area contributed by atoms with E-state index in [4.69, 9.17) is 9.84 Å². The van der Waals surface area contributed by atoms with Gasteiger partial charge in [-0.1, -0.05) is 39.3 Å². The molecule has 3 N–H and O–H groups in total. The van der Waals surface area contributed by atoms with Gasteiger partial charge in [0.2, 0.25) is 0 Å². The highest BCUT2D eigenvalue weighted by atomic mass is 16.5. The summed E-state index contributed by atoms with van der Waals surface area (Å²) in [6.45, 7) is 6.81. The predicted molar refractivity (Wildman–Crippen MR) is 153 cm³/mol. The average Bonchev–Trinajstić information content (AvgIpc) is 2.95. The molecule has 3 amide bonds. The smallest absolute Gasteiger partial charge is 0.338 e. The van der Waals surface area contributed by atoms with E-state index in [-0.39, 0.29) is 18.0 Å². The van der Waals surface area contributed by atoms with Gasteiger partial charge in [0.25, 0.3) is 5.91 Å². The third kappa shape index (κ3) is 9.10. The summed E-state index contributed by atoms with van der Waals surface area (Å²) < 4.78 is 5.26. The van der Waals surface area contributed by atoms with Gasteiger partial charge in [-0.25, -0.2) is 9.59 Å². The Labute approximate surface area is 236 Å². The summed E-state index contributed by atoms with van der Waals surface area (Å²) >= 11 is 0. The highest BCUT2D eigenvalue weighted by Gasteiger charge is 2.30. The van der Waals surface area contributed by atoms with E-state index in [1.54, 1.807) is 48.5 Å². The zero-order valence-electron chi connectivity index (χ0n) is 23.7. The van der Waals surface area contributed by atoms with Crippen LogP contribution in [0.1, 0.15) is 85.6 Å². The van der Waals surface area contributed by atoms with Crippen LogP contribution in [0.15, 0.2) is 48.5 Å². The van der Waals surface area contributed by atoms with Crippen LogP contribution in [-0.4, -0.2) is 53.1 Å². The molecule has 1 aliphatic carbocycles. The molecule has 2 aromatic carbocycles. The lowest BCUT2D eigenvalue weighted by Gasteiger charge is -2.38. The van der Waals surface area contributed by atoms with Crippen molar-refractivity contribution in [2.24, 2.45) is 11.8 Å². The molecule has 0 atom stereocenters. The molecule has 1 fully saturated rings. The van der Waals surface area contributed by atoms with Crippen LogP contribution < -0.4 is 10.6 Å². The van der Waals surface area contributed by atoms with Crippen molar-refractivity contribution in [3.63, 3.8) is 0 Å². The number of anilines is 1. The number of rotatable bonds is 12. The van der Waals surface area contributed by atoms with Crippen LogP contribution in [0.2, 0.25) is 0 Å². The fraction of sp³-hybridized carbons (Fsp3) is 0.484. The number of aliphatic carboxylic acids is 1. The second-order valence-electron chi connectivity index (χ2n) is 10.7. The van der Waals surface area contributed by atoms with Gasteiger partial charge in [0.1, 0.15) is 6.54 Å². The van der Waals surface area contributed by atoms with E-state index in [9.17, 15) is 19.2 Å². The van der Waals surface area contributed by atoms with Crippen molar-refractivity contribution in [2.75, 3.05) is 18.5 Å². The third-order valence-corrected chi connectivity index (χ3v) is 7.46. The van der Waals surface area contributed by atoms with E-state index in [1.165, 1.54) is 0 Å². The van der Waals surface area contributed by atoms with E-state index in [0.29, 0.717) is 41.8 Å². The van der Waals surface area contributed by atoms with Gasteiger partial charge in [0.05, 0.1) is 12.2 Å². The van der Waals surface area contributed by atoms with Gasteiger partial charge >= 0.3 is 18.0 Å². The molecule has 0 spiro atoms. The molecule has 1 saturated carbocycles. The van der Waals surface area contributed by atoms with Crippen LogP contribution in [0.25, 0.3) is 0 Å². The number of nitrogens with zero attached hydrogens (tertiary/aromatic N) is 1. The van der Waals surface area contributed by atoms with Crippen molar-refractivity contribution in [3.05, 3.63) is 65.2 Å². The molecule has 0 unspecified atom stereocenters. The zero-order valence-corrected chi connectivity index (χ0v) is 23.7. The Morgan fingerprint density at radius 2 is 1.57 bits per heavy atom. The Morgan fingerprint density at radius 1 is 0.950 bits per heavy atom. The lowest BCUT2D eigenvalue weighted by molar-refractivity contribution is -0.135. The van der Waals surface area contributed by atoms with Crippen molar-refractivity contribution < 1.29 is 29.0 Å². The number of nitrogens with one attached hydrogen (secondary N) is 2. The molecule has 40 heavy (non-hydrogen) atoms. The molecular weight excluding hydrogens is 510 g/mol. The molecule has 1 aliphatic rings. The van der Waals surface area contributed by atoms with Gasteiger partial charge in [0.15, 0.2) is 0 Å². The zero-order chi connectivity index (χ0) is 29.1. The molecule has 3 rings (SSSR count). The Hall–Kier alpha value is -3.88. The van der Waals surface area contributed by atoms with Crippen molar-refractivity contribution in [2.45, 2.75) is 71.9 Å². The van der Waals surface area contributed by atoms with E-state index < -0.39 is 18.4 Å². The number of esters is 1. The minimum absolute atomic E-state index is 0.0707. The fourth-order valence-corrected chi connectivity index (χ4v) is 4.94. The van der Waals surface area contributed by atoms with Crippen molar-refractivity contribution in [1.82, 2.24) is 10.2 Å². The molecule has 9 nitrogen and oxygen atoms in total. The van der Waals surface area contributed by atoms with Crippen LogP contribution in [-0.2, 0) is 16.1 Å². The summed E-state index contributed by atoms with van der Waals surface area (Å²) in [5.41, 5.74) is 2.24. The second kappa shape index (κ2) is 15.1. The Balaban J connectivity index is 1.70. The van der Waals surface area contributed by atoms with Crippen molar-refractivity contribution >= 4 is 29.6 Å². The minimum Gasteiger partial charge on any atom is -0.480 e. The molecule has 9 heteroatoms. The SMILES string of the molecule is CCCCOC(=O)c1ccc(NC(=O)N(Cc2ccc(C(=O)NCC(=O)O)cc2)C2CCC(C(C)C)CC2)cc1. The van der Waals surface area contributed by atoms with Crippen molar-refractivity contribution in [1.29, 1.82) is 0 Å². The summed E-state index contributed by atoms with van der Waals surface area (Å²) in [6.07, 6.45) is 5.70. The van der Waals surface area contributed by atoms with E-state index >= 15 is 0 Å². The van der Waals surface area contributed by atoms with Gasteiger partial charge in [-0.2, -0.15) is 0 Å². The fourth-order valence-electron chi connectivity index (χ4n) is 4.94. The second-order valence-corrected chi connectivity index (χ2v) is 10.7. The standard InChI is InChI=1S/C31H41N3O6/c1-4-5-18-40-30(38)25-10-14-26(15-11-25)33-31(39)34(27-16-12-23(13-17-27)21(2)3)20-22-6-8-24(9-7-22)29(37)32-19-28(35)36/h6-11,14-15,21,23,27H,4-5,12-13,16-20H2,1-3H3,(H,32,37)(H,33,39)(H,35,36). The normalized spacial score (nSPS) is 16.7. The van der Waals surface area contributed by atoms with Crippen LogP contribution in [0.5, 0.6) is 0 Å². The molecule has 0 aliphatic heterocycles. The maximum absolute atomic E-state index is 13.6. The number of carboxylic acid groups (broad SMARTS) is 1. The van der Waals surface area contributed by atoms with Gasteiger partial charge in [-0.3, -0.25) is 9.59 Å². The number of carbonyl (C=O) groups is 4. The number of carboxylic acids is 1. The molecule has 216 valence electrons. The van der Waals surface area contributed by atoms with Crippen LogP contribution >= 0.6 is 0 Å². The highest BCUT2D eigenvalue weighted by Crippen LogP contribution is 2.33. The maximum Gasteiger partial charge on any atom is 0.338 e. The third-order valence-electron chi connectivity index (χ3n) is 7.46. The number of benzene rings is 2. The molecular formula is C31H41N3O6. The summed E-state index contributed by atoms with van der Waals surface area (Å²) in [7, 11) is 0. The van der Waals surface area contributed by atoms with Gasteiger partial charge in [-0.05, 0) is 85.9 Å². The van der Waals surface area contributed by atoms with Crippen molar-refractivity contribution in [3.8, 4) is 0 Å². The first-order chi connectivity index (χ1) is 19.2. The highest BCUT2D eigenvalue weighted by molar-refractivity contribution is 5.96. The lowest BCUT2D eigenvalue weighted by Crippen LogP contribution is -2.44. The Bertz CT molecular complexity index is 1140. The number of hydrogen-bond donors (Lipinski definition) is 3. The van der Waals surface area contributed by atoms with Crippen LogP contribution in [0.4, 0.5) is 10.5 Å². The Kier molecular flexibility index (Phi) is 11.5. The molecule has 2 aromatic rings. The number of unbranched alkanes of at least 4 members (excludes halogenated alkanes) is 1. The van der Waals surface area contributed by atoms with Gasteiger partial charge < -0.3 is 25.4 Å². The first-order valence-corrected chi connectivity index (χ1v) is 14.1. The van der Waals surface area contributed by atoms with E-state index in [1.807, 2.05) is 11.8 Å². The lowest BCUT2D eigenvalue weighted by atomic mass is 9.79. The molecule has 0 radical (unpaired) electrons. The van der Waals surface area contributed by atoms with E-state index in [2.05, 4.69) is 24.5 Å². The quantitative estimate of drug-likeness (QED) is 0.229. The summed E-state index contributed by atoms with van der Waals surface area (Å²) in [4.78, 5) is 50.5.